The number of rotatable bonds is 2. The standard InChI is InChI=1S/C25H14ClNOS/c26-18-10-11-23-19(12-18)20-13-21-22(14-24(20)29-23)28-25(27-21)17-8-6-16(7-9-17)15-4-2-1-3-5-15/h1-14H. The van der Waals surface area contributed by atoms with Gasteiger partial charge in [-0.3, -0.25) is 0 Å². The van der Waals surface area contributed by atoms with Gasteiger partial charge in [-0.2, -0.15) is 0 Å². The highest BCUT2D eigenvalue weighted by molar-refractivity contribution is 7.25. The Morgan fingerprint density at radius 3 is 2.24 bits per heavy atom. The van der Waals surface area contributed by atoms with Crippen molar-refractivity contribution < 1.29 is 4.42 Å². The summed E-state index contributed by atoms with van der Waals surface area (Å²) in [5, 5.41) is 3.08. The van der Waals surface area contributed by atoms with Crippen molar-refractivity contribution in [3.05, 3.63) is 90.0 Å². The number of thiophene rings is 1. The van der Waals surface area contributed by atoms with Gasteiger partial charge in [0.05, 0.1) is 0 Å². The second-order valence-electron chi connectivity index (χ2n) is 7.02. The van der Waals surface area contributed by atoms with E-state index < -0.39 is 0 Å². The number of benzene rings is 4. The van der Waals surface area contributed by atoms with Crippen molar-refractivity contribution >= 4 is 54.2 Å². The van der Waals surface area contributed by atoms with E-state index in [1.807, 2.05) is 30.3 Å². The molecule has 0 saturated heterocycles. The first kappa shape index (κ1) is 16.8. The summed E-state index contributed by atoms with van der Waals surface area (Å²) in [7, 11) is 0. The third kappa shape index (κ3) is 2.82. The van der Waals surface area contributed by atoms with Crippen LogP contribution in [-0.2, 0) is 0 Å². The SMILES string of the molecule is Clc1ccc2sc3cc4oc(-c5ccc(-c6ccccc6)cc5)nc4cc3c2c1. The van der Waals surface area contributed by atoms with E-state index in [1.54, 1.807) is 11.3 Å². The normalized spacial score (nSPS) is 11.6. The van der Waals surface area contributed by atoms with Crippen LogP contribution < -0.4 is 0 Å². The summed E-state index contributed by atoms with van der Waals surface area (Å²) in [6.45, 7) is 0. The molecule has 0 radical (unpaired) electrons. The average molecular weight is 412 g/mol. The monoisotopic (exact) mass is 411 g/mol. The van der Waals surface area contributed by atoms with Gasteiger partial charge in [-0.25, -0.2) is 4.98 Å². The largest absolute Gasteiger partial charge is 0.436 e. The second kappa shape index (κ2) is 6.45. The van der Waals surface area contributed by atoms with Gasteiger partial charge in [0.1, 0.15) is 5.52 Å². The van der Waals surface area contributed by atoms with Gasteiger partial charge in [0.15, 0.2) is 5.58 Å². The summed E-state index contributed by atoms with van der Waals surface area (Å²) in [5.74, 6) is 0.639. The third-order valence-electron chi connectivity index (χ3n) is 5.18. The first-order valence-electron chi connectivity index (χ1n) is 9.33. The molecule has 0 saturated carbocycles. The van der Waals surface area contributed by atoms with Crippen molar-refractivity contribution in [2.75, 3.05) is 0 Å². The maximum Gasteiger partial charge on any atom is 0.227 e. The third-order valence-corrected chi connectivity index (χ3v) is 6.55. The fourth-order valence-electron chi connectivity index (χ4n) is 3.73. The predicted molar refractivity (Wildman–Crippen MR) is 123 cm³/mol. The van der Waals surface area contributed by atoms with E-state index in [0.29, 0.717) is 5.89 Å². The Kier molecular flexibility index (Phi) is 3.73. The molecule has 0 bridgehead atoms. The Morgan fingerprint density at radius 2 is 1.41 bits per heavy atom. The Bertz CT molecular complexity index is 1500. The number of halogens is 1. The van der Waals surface area contributed by atoms with Crippen molar-refractivity contribution in [3.8, 4) is 22.6 Å². The van der Waals surface area contributed by atoms with Gasteiger partial charge in [0.2, 0.25) is 5.89 Å². The van der Waals surface area contributed by atoms with Crippen molar-refractivity contribution in [2.24, 2.45) is 0 Å². The zero-order chi connectivity index (χ0) is 19.4. The lowest BCUT2D eigenvalue weighted by molar-refractivity contribution is 0.620. The van der Waals surface area contributed by atoms with Crippen LogP contribution in [0.25, 0.3) is 53.9 Å². The van der Waals surface area contributed by atoms with Crippen LogP contribution in [0.2, 0.25) is 5.02 Å². The zero-order valence-electron chi connectivity index (χ0n) is 15.2. The number of aromatic nitrogens is 1. The highest BCUT2D eigenvalue weighted by atomic mass is 35.5. The molecule has 0 aliphatic rings. The van der Waals surface area contributed by atoms with E-state index in [0.717, 1.165) is 27.1 Å². The molecule has 4 heteroatoms. The van der Waals surface area contributed by atoms with Gasteiger partial charge >= 0.3 is 0 Å². The van der Waals surface area contributed by atoms with Crippen LogP contribution in [0.1, 0.15) is 0 Å². The molecule has 0 unspecified atom stereocenters. The van der Waals surface area contributed by atoms with Gasteiger partial charge in [-0.1, -0.05) is 54.1 Å². The molecule has 6 aromatic rings. The first-order chi connectivity index (χ1) is 14.2. The topological polar surface area (TPSA) is 26.0 Å². The lowest BCUT2D eigenvalue weighted by Crippen LogP contribution is -1.80. The van der Waals surface area contributed by atoms with Crippen molar-refractivity contribution in [1.29, 1.82) is 0 Å². The highest BCUT2D eigenvalue weighted by Gasteiger charge is 2.13. The van der Waals surface area contributed by atoms with E-state index in [2.05, 4.69) is 54.6 Å². The minimum atomic E-state index is 0.639. The molecule has 0 aliphatic carbocycles. The van der Waals surface area contributed by atoms with E-state index in [-0.39, 0.29) is 0 Å². The number of oxazole rings is 1. The van der Waals surface area contributed by atoms with Crippen LogP contribution in [0.15, 0.2) is 89.3 Å². The van der Waals surface area contributed by atoms with E-state index in [1.165, 1.54) is 25.9 Å². The van der Waals surface area contributed by atoms with Crippen LogP contribution in [0.3, 0.4) is 0 Å². The van der Waals surface area contributed by atoms with Gasteiger partial charge in [-0.15, -0.1) is 11.3 Å². The molecule has 0 spiro atoms. The predicted octanol–water partition coefficient (Wildman–Crippen LogP) is 8.18. The minimum absolute atomic E-state index is 0.639. The molecular weight excluding hydrogens is 398 g/mol. The lowest BCUT2D eigenvalue weighted by Gasteiger charge is -2.02. The molecule has 29 heavy (non-hydrogen) atoms. The smallest absolute Gasteiger partial charge is 0.227 e. The molecule has 0 amide bonds. The summed E-state index contributed by atoms with van der Waals surface area (Å²) in [5.41, 5.74) is 5.01. The maximum absolute atomic E-state index is 6.21. The Morgan fingerprint density at radius 1 is 0.690 bits per heavy atom. The quantitative estimate of drug-likeness (QED) is 0.287. The summed E-state index contributed by atoms with van der Waals surface area (Å²) in [4.78, 5) is 4.75. The van der Waals surface area contributed by atoms with Crippen LogP contribution >= 0.6 is 22.9 Å². The van der Waals surface area contributed by atoms with Crippen molar-refractivity contribution in [2.45, 2.75) is 0 Å². The fraction of sp³-hybridized carbons (Fsp3) is 0. The molecule has 2 heterocycles. The number of fused-ring (bicyclic) bond motifs is 4. The van der Waals surface area contributed by atoms with Crippen LogP contribution in [0, 0.1) is 0 Å². The van der Waals surface area contributed by atoms with E-state index in [4.69, 9.17) is 21.0 Å². The van der Waals surface area contributed by atoms with Gasteiger partial charge in [0, 0.05) is 36.8 Å². The summed E-state index contributed by atoms with van der Waals surface area (Å²) in [6, 6.07) is 28.9. The molecule has 0 aliphatic heterocycles. The molecule has 4 aromatic carbocycles. The zero-order valence-corrected chi connectivity index (χ0v) is 16.8. The van der Waals surface area contributed by atoms with Crippen molar-refractivity contribution in [1.82, 2.24) is 4.98 Å². The molecule has 0 N–H and O–H groups in total. The molecular formula is C25H14ClNOS. The van der Waals surface area contributed by atoms with Crippen LogP contribution in [0.4, 0.5) is 0 Å². The molecule has 0 fully saturated rings. The van der Waals surface area contributed by atoms with Gasteiger partial charge in [-0.05, 0) is 47.5 Å². The Balaban J connectivity index is 1.45. The molecule has 0 atom stereocenters. The number of hydrogen-bond acceptors (Lipinski definition) is 3. The lowest BCUT2D eigenvalue weighted by atomic mass is 10.0. The summed E-state index contributed by atoms with van der Waals surface area (Å²) >= 11 is 7.95. The average Bonchev–Trinajstić information content (AvgIpc) is 3.33. The van der Waals surface area contributed by atoms with Crippen LogP contribution in [0.5, 0.6) is 0 Å². The number of nitrogens with zero attached hydrogens (tertiary/aromatic N) is 1. The van der Waals surface area contributed by atoms with Gasteiger partial charge in [0.25, 0.3) is 0 Å². The maximum atomic E-state index is 6.21. The summed E-state index contributed by atoms with van der Waals surface area (Å²) < 4.78 is 8.49. The molecule has 2 aromatic heterocycles. The number of hydrogen-bond donors (Lipinski definition) is 0. The summed E-state index contributed by atoms with van der Waals surface area (Å²) in [6.07, 6.45) is 0. The molecule has 2 nitrogen and oxygen atoms in total. The first-order valence-corrected chi connectivity index (χ1v) is 10.5. The van der Waals surface area contributed by atoms with E-state index in [9.17, 15) is 0 Å². The van der Waals surface area contributed by atoms with Crippen LogP contribution in [-0.4, -0.2) is 4.98 Å². The second-order valence-corrected chi connectivity index (χ2v) is 8.54. The van der Waals surface area contributed by atoms with Gasteiger partial charge < -0.3 is 4.42 Å². The molecule has 138 valence electrons. The fourth-order valence-corrected chi connectivity index (χ4v) is 5.00. The van der Waals surface area contributed by atoms with E-state index >= 15 is 0 Å². The Hall–Kier alpha value is -3.14. The Labute approximate surface area is 176 Å². The minimum Gasteiger partial charge on any atom is -0.436 e. The highest BCUT2D eigenvalue weighted by Crippen LogP contribution is 2.38. The molecule has 6 rings (SSSR count). The van der Waals surface area contributed by atoms with Crippen molar-refractivity contribution in [3.63, 3.8) is 0 Å².